The summed E-state index contributed by atoms with van der Waals surface area (Å²) in [6.07, 6.45) is 0.490. The Labute approximate surface area is 90.1 Å². The van der Waals surface area contributed by atoms with E-state index in [2.05, 4.69) is 25.7 Å². The minimum Gasteiger partial charge on any atom is -0.297 e. The van der Waals surface area contributed by atoms with Gasteiger partial charge in [0.1, 0.15) is 0 Å². The van der Waals surface area contributed by atoms with Crippen molar-refractivity contribution in [2.24, 2.45) is 11.8 Å². The first-order valence-corrected chi connectivity index (χ1v) is 5.69. The molecule has 0 aromatic rings. The molecule has 1 aliphatic carbocycles. The maximum absolute atomic E-state index is 12.7. The molecule has 2 unspecified atom stereocenters. The van der Waals surface area contributed by atoms with Crippen LogP contribution >= 0.6 is 0 Å². The summed E-state index contributed by atoms with van der Waals surface area (Å²) in [5.41, 5.74) is 0.578. The van der Waals surface area contributed by atoms with Crippen molar-refractivity contribution in [1.82, 2.24) is 4.90 Å². The molecule has 0 radical (unpaired) electrons. The summed E-state index contributed by atoms with van der Waals surface area (Å²) in [5, 5.41) is 0. The van der Waals surface area contributed by atoms with E-state index in [-0.39, 0.29) is 17.4 Å². The van der Waals surface area contributed by atoms with Crippen LogP contribution in [0.2, 0.25) is 0 Å². The molecule has 2 rings (SSSR count). The average Bonchev–Trinajstić information content (AvgIpc) is 2.35. The van der Waals surface area contributed by atoms with Gasteiger partial charge in [-0.1, -0.05) is 0 Å². The molecule has 1 saturated carbocycles. The number of hydrogen-bond donors (Lipinski definition) is 0. The molecule has 0 N–H and O–H groups in total. The lowest BCUT2D eigenvalue weighted by Crippen LogP contribution is -2.48. The molecular formula is C12H19F2N. The fourth-order valence-electron chi connectivity index (χ4n) is 2.89. The number of hydrogen-bond acceptors (Lipinski definition) is 1. The first-order valence-electron chi connectivity index (χ1n) is 5.69. The highest BCUT2D eigenvalue weighted by Crippen LogP contribution is 2.45. The molecule has 15 heavy (non-hydrogen) atoms. The van der Waals surface area contributed by atoms with Gasteiger partial charge in [0, 0.05) is 24.2 Å². The van der Waals surface area contributed by atoms with Crippen molar-refractivity contribution in [2.75, 3.05) is 13.1 Å². The van der Waals surface area contributed by atoms with Gasteiger partial charge >= 0.3 is 0 Å². The average molecular weight is 215 g/mol. The van der Waals surface area contributed by atoms with Gasteiger partial charge in [-0.15, -0.1) is 0 Å². The van der Waals surface area contributed by atoms with Crippen molar-refractivity contribution in [3.05, 3.63) is 11.7 Å². The smallest absolute Gasteiger partial charge is 0.270 e. The Kier molecular flexibility index (Phi) is 2.61. The van der Waals surface area contributed by atoms with E-state index in [0.717, 1.165) is 25.9 Å². The number of halogens is 2. The van der Waals surface area contributed by atoms with Crippen LogP contribution in [0, 0.1) is 11.8 Å². The summed E-state index contributed by atoms with van der Waals surface area (Å²) in [6.45, 7) is 8.10. The summed E-state index contributed by atoms with van der Waals surface area (Å²) >= 11 is 0. The molecule has 1 aliphatic heterocycles. The van der Waals surface area contributed by atoms with Crippen molar-refractivity contribution in [3.63, 3.8) is 0 Å². The number of likely N-dealkylation sites (tertiary alicyclic amines) is 1. The van der Waals surface area contributed by atoms with Gasteiger partial charge in [0.2, 0.25) is 0 Å². The van der Waals surface area contributed by atoms with Gasteiger partial charge in [-0.2, -0.15) is 8.78 Å². The van der Waals surface area contributed by atoms with E-state index < -0.39 is 6.08 Å². The third kappa shape index (κ3) is 1.94. The number of rotatable bonds is 0. The Balaban J connectivity index is 2.19. The van der Waals surface area contributed by atoms with Gasteiger partial charge in [-0.3, -0.25) is 4.90 Å². The van der Waals surface area contributed by atoms with Crippen LogP contribution < -0.4 is 0 Å². The molecule has 3 heteroatoms. The second kappa shape index (κ2) is 3.55. The summed E-state index contributed by atoms with van der Waals surface area (Å²) < 4.78 is 25.5. The molecular weight excluding hydrogens is 196 g/mol. The number of piperidine rings is 1. The summed E-state index contributed by atoms with van der Waals surface area (Å²) in [6, 6.07) is 0. The fraction of sp³-hybridized carbons (Fsp3) is 0.833. The Morgan fingerprint density at radius 2 is 1.60 bits per heavy atom. The van der Waals surface area contributed by atoms with Crippen molar-refractivity contribution in [1.29, 1.82) is 0 Å². The molecule has 2 bridgehead atoms. The molecule has 2 aliphatic rings. The minimum atomic E-state index is -1.41. The quantitative estimate of drug-likeness (QED) is 0.599. The first-order chi connectivity index (χ1) is 6.89. The van der Waals surface area contributed by atoms with Gasteiger partial charge in [0.05, 0.1) is 0 Å². The Morgan fingerprint density at radius 3 is 1.93 bits per heavy atom. The highest BCUT2D eigenvalue weighted by Gasteiger charge is 2.42. The van der Waals surface area contributed by atoms with Crippen molar-refractivity contribution >= 4 is 0 Å². The summed E-state index contributed by atoms with van der Waals surface area (Å²) in [7, 11) is 0. The van der Waals surface area contributed by atoms with Gasteiger partial charge < -0.3 is 0 Å². The molecule has 1 nitrogen and oxygen atoms in total. The predicted octanol–water partition coefficient (Wildman–Crippen LogP) is 3.28. The zero-order valence-electron chi connectivity index (χ0n) is 9.69. The second-order valence-corrected chi connectivity index (χ2v) is 5.76. The van der Waals surface area contributed by atoms with E-state index in [1.165, 1.54) is 0 Å². The molecule has 0 aromatic heterocycles. The second-order valence-electron chi connectivity index (χ2n) is 5.76. The highest BCUT2D eigenvalue weighted by molar-refractivity contribution is 5.20. The Hall–Kier alpha value is -0.440. The van der Waals surface area contributed by atoms with Gasteiger partial charge in [-0.05, 0) is 45.4 Å². The molecule has 1 heterocycles. The maximum Gasteiger partial charge on any atom is 0.270 e. The highest BCUT2D eigenvalue weighted by atomic mass is 19.3. The Morgan fingerprint density at radius 1 is 1.13 bits per heavy atom. The normalized spacial score (nSPS) is 32.2. The van der Waals surface area contributed by atoms with Gasteiger partial charge in [0.15, 0.2) is 0 Å². The summed E-state index contributed by atoms with van der Waals surface area (Å²) in [5.74, 6) is 0.237. The van der Waals surface area contributed by atoms with Crippen LogP contribution in [0.4, 0.5) is 8.78 Å². The van der Waals surface area contributed by atoms with Crippen LogP contribution in [0.15, 0.2) is 11.7 Å². The monoisotopic (exact) mass is 215 g/mol. The van der Waals surface area contributed by atoms with Crippen LogP contribution in [0.1, 0.15) is 33.6 Å². The lowest BCUT2D eigenvalue weighted by atomic mass is 9.89. The molecule has 0 aromatic carbocycles. The van der Waals surface area contributed by atoms with E-state index in [4.69, 9.17) is 0 Å². The van der Waals surface area contributed by atoms with Crippen LogP contribution in [0.3, 0.4) is 0 Å². The van der Waals surface area contributed by atoms with Crippen molar-refractivity contribution < 1.29 is 8.78 Å². The number of fused-ring (bicyclic) bond motifs is 2. The largest absolute Gasteiger partial charge is 0.297 e. The standard InChI is InChI=1S/C12H19F2N/c1-12(2,3)15-6-8-4-5-9(7-15)10(8)11(13)14/h8-9H,4-7H2,1-3H3. The molecule has 2 atom stereocenters. The molecule has 2 fully saturated rings. The zero-order valence-corrected chi connectivity index (χ0v) is 9.69. The lowest BCUT2D eigenvalue weighted by molar-refractivity contribution is 0.0941. The molecule has 0 spiro atoms. The van der Waals surface area contributed by atoms with Crippen LogP contribution in [0.25, 0.3) is 0 Å². The first kappa shape index (κ1) is 11.1. The molecule has 86 valence electrons. The van der Waals surface area contributed by atoms with E-state index in [1.54, 1.807) is 0 Å². The van der Waals surface area contributed by atoms with Crippen molar-refractivity contribution in [3.8, 4) is 0 Å². The fourth-order valence-corrected chi connectivity index (χ4v) is 2.89. The lowest BCUT2D eigenvalue weighted by Gasteiger charge is -2.42. The van der Waals surface area contributed by atoms with E-state index in [1.807, 2.05) is 0 Å². The topological polar surface area (TPSA) is 3.24 Å². The Bertz CT molecular complexity index is 270. The number of nitrogens with zero attached hydrogens (tertiary/aromatic N) is 1. The van der Waals surface area contributed by atoms with E-state index >= 15 is 0 Å². The van der Waals surface area contributed by atoms with Crippen LogP contribution in [-0.4, -0.2) is 23.5 Å². The predicted molar refractivity (Wildman–Crippen MR) is 56.8 cm³/mol. The van der Waals surface area contributed by atoms with E-state index in [9.17, 15) is 8.78 Å². The van der Waals surface area contributed by atoms with Crippen LogP contribution in [0.5, 0.6) is 0 Å². The third-order valence-electron chi connectivity index (χ3n) is 3.79. The third-order valence-corrected chi connectivity index (χ3v) is 3.79. The zero-order chi connectivity index (χ0) is 11.2. The van der Waals surface area contributed by atoms with Crippen LogP contribution in [-0.2, 0) is 0 Å². The molecule has 1 saturated heterocycles. The van der Waals surface area contributed by atoms with Gasteiger partial charge in [0.25, 0.3) is 6.08 Å². The summed E-state index contributed by atoms with van der Waals surface area (Å²) in [4.78, 5) is 2.35. The maximum atomic E-state index is 12.7. The van der Waals surface area contributed by atoms with E-state index in [0.29, 0.717) is 5.57 Å². The van der Waals surface area contributed by atoms with Crippen molar-refractivity contribution in [2.45, 2.75) is 39.2 Å². The SMILES string of the molecule is CC(C)(C)N1CC2CCC(C1)C2=C(F)F. The molecule has 0 amide bonds. The van der Waals surface area contributed by atoms with Gasteiger partial charge in [-0.25, -0.2) is 0 Å². The minimum absolute atomic E-state index is 0.110.